The first-order valence-electron chi connectivity index (χ1n) is 3.06. The molecule has 0 heterocycles. The van der Waals surface area contributed by atoms with Crippen LogP contribution in [-0.4, -0.2) is 0 Å². The lowest BCUT2D eigenvalue weighted by Gasteiger charge is -1.72. The van der Waals surface area contributed by atoms with Gasteiger partial charge in [0.05, 0.1) is 0 Å². The first kappa shape index (κ1) is 2.15. The molecule has 1 fully saturated rings. The van der Waals surface area contributed by atoms with Crippen LogP contribution in [0.3, 0.4) is 0 Å². The van der Waals surface area contributed by atoms with Gasteiger partial charge in [0, 0.05) is 1.37 Å². The van der Waals surface area contributed by atoms with Crippen molar-refractivity contribution in [1.82, 2.24) is 0 Å². The molecule has 2 aliphatic rings. The number of fused-ring (bicyclic) bond motifs is 1. The number of rotatable bonds is 0. The first-order chi connectivity index (χ1) is 3.39. The molecule has 0 spiro atoms. The molecule has 0 saturated heterocycles. The van der Waals surface area contributed by atoms with Gasteiger partial charge in [-0.05, 0) is 24.7 Å². The van der Waals surface area contributed by atoms with Crippen LogP contribution in [0, 0.1) is 11.8 Å². The summed E-state index contributed by atoms with van der Waals surface area (Å²) in [6.07, 6.45) is 5.84. The van der Waals surface area contributed by atoms with Gasteiger partial charge < -0.3 is 0 Å². The Morgan fingerprint density at radius 2 is 2.83 bits per heavy atom. The third kappa shape index (κ3) is 0.204. The Morgan fingerprint density at radius 1 is 1.83 bits per heavy atom. The fraction of sp³-hybridized carbons (Fsp3) is 0.667. The maximum atomic E-state index is 7.26. The molecule has 0 amide bonds. The zero-order chi connectivity index (χ0) is 4.85. The molecule has 0 unspecified atom stereocenters. The van der Waals surface area contributed by atoms with Crippen LogP contribution in [0.15, 0.2) is 12.2 Å². The maximum absolute atomic E-state index is 7.26. The van der Waals surface area contributed by atoms with E-state index in [1.54, 1.807) is 0 Å². The van der Waals surface area contributed by atoms with E-state index in [0.29, 0.717) is 5.92 Å². The molecule has 32 valence electrons. The summed E-state index contributed by atoms with van der Waals surface area (Å²) in [5.41, 5.74) is 0. The van der Waals surface area contributed by atoms with Crippen LogP contribution < -0.4 is 0 Å². The second kappa shape index (κ2) is 0.699. The summed E-state index contributed by atoms with van der Waals surface area (Å²) in [5.74, 6) is 1.40. The van der Waals surface area contributed by atoms with Crippen LogP contribution >= 0.6 is 0 Å². The zero-order valence-electron chi connectivity index (χ0n) is 4.59. The molecule has 0 aromatic carbocycles. The Bertz CT molecular complexity index is 117. The van der Waals surface area contributed by atoms with Crippen molar-refractivity contribution < 1.29 is 1.37 Å². The standard InChI is InChI=1S/C6H8/c1-2-5-4-6(5)3-1/h1-2,5-6H,3-4H2/t5-,6+/m0/s1/i4D/t4-,5-,6+. The quantitative estimate of drug-likeness (QED) is 0.388. The molecule has 2 aliphatic carbocycles. The molecular weight excluding hydrogens is 72.1 g/mol. The van der Waals surface area contributed by atoms with E-state index in [1.165, 1.54) is 6.42 Å². The minimum Gasteiger partial charge on any atom is -0.0880 e. The van der Waals surface area contributed by atoms with Crippen LogP contribution in [0.25, 0.3) is 0 Å². The molecule has 0 aromatic heterocycles. The van der Waals surface area contributed by atoms with Crippen LogP contribution in [-0.2, 0) is 0 Å². The summed E-state index contributed by atoms with van der Waals surface area (Å²) in [6, 6.07) is 0. The highest BCUT2D eigenvalue weighted by Gasteiger charge is 2.36. The van der Waals surface area contributed by atoms with Gasteiger partial charge >= 0.3 is 0 Å². The highest BCUT2D eigenvalue weighted by Crippen LogP contribution is 2.46. The van der Waals surface area contributed by atoms with Gasteiger partial charge in [0.1, 0.15) is 0 Å². The number of hydrogen-bond acceptors (Lipinski definition) is 0. The third-order valence-electron chi connectivity index (χ3n) is 1.59. The van der Waals surface area contributed by atoms with E-state index >= 15 is 0 Å². The highest BCUT2D eigenvalue weighted by molar-refractivity contribution is 5.11. The molecule has 1 saturated carbocycles. The molecule has 0 radical (unpaired) electrons. The average molecular weight is 81.1 g/mol. The summed E-state index contributed by atoms with van der Waals surface area (Å²) in [5, 5.41) is 0. The van der Waals surface area contributed by atoms with E-state index in [0.717, 1.165) is 5.92 Å². The highest BCUT2D eigenvalue weighted by atomic mass is 14.4. The SMILES string of the molecule is [2H][C@H]1[C@@H]2C=CC[C@H]12. The maximum Gasteiger partial charge on any atom is 0.0276 e. The number of hydrogen-bond donors (Lipinski definition) is 0. The number of allylic oxidation sites excluding steroid dienone is 2. The van der Waals surface area contributed by atoms with Crippen molar-refractivity contribution in [2.24, 2.45) is 11.8 Å². The fourth-order valence-electron chi connectivity index (χ4n) is 1.06. The van der Waals surface area contributed by atoms with Gasteiger partial charge in [-0.2, -0.15) is 0 Å². The van der Waals surface area contributed by atoms with Crippen molar-refractivity contribution in [3.8, 4) is 0 Å². The zero-order valence-corrected chi connectivity index (χ0v) is 3.59. The van der Waals surface area contributed by atoms with Crippen LogP contribution in [0.1, 0.15) is 14.2 Å². The smallest absolute Gasteiger partial charge is 0.0276 e. The Hall–Kier alpha value is -0.260. The first-order valence-corrected chi connectivity index (χ1v) is 2.48. The third-order valence-corrected chi connectivity index (χ3v) is 1.59. The van der Waals surface area contributed by atoms with Crippen LogP contribution in [0.4, 0.5) is 0 Å². The van der Waals surface area contributed by atoms with Crippen molar-refractivity contribution in [1.29, 1.82) is 0 Å². The predicted octanol–water partition coefficient (Wildman–Crippen LogP) is 1.58. The van der Waals surface area contributed by atoms with Crippen molar-refractivity contribution in [3.63, 3.8) is 0 Å². The minimum atomic E-state index is 0.282. The molecule has 0 bridgehead atoms. The molecular formula is C6H8. The van der Waals surface area contributed by atoms with Crippen molar-refractivity contribution >= 4 is 0 Å². The van der Waals surface area contributed by atoms with E-state index in [2.05, 4.69) is 12.2 Å². The van der Waals surface area contributed by atoms with Gasteiger partial charge in [-0.15, -0.1) is 0 Å². The monoisotopic (exact) mass is 81.1 g/mol. The minimum absolute atomic E-state index is 0.282. The van der Waals surface area contributed by atoms with E-state index in [4.69, 9.17) is 1.37 Å². The summed E-state index contributed by atoms with van der Waals surface area (Å²) in [4.78, 5) is 0. The Labute approximate surface area is 39.3 Å². The van der Waals surface area contributed by atoms with Crippen molar-refractivity contribution in [2.75, 3.05) is 0 Å². The summed E-state index contributed by atoms with van der Waals surface area (Å²) in [6.45, 7) is 0. The topological polar surface area (TPSA) is 0 Å². The Morgan fingerprint density at radius 3 is 3.17 bits per heavy atom. The molecule has 0 aliphatic heterocycles. The van der Waals surface area contributed by atoms with Gasteiger partial charge in [-0.25, -0.2) is 0 Å². The summed E-state index contributed by atoms with van der Waals surface area (Å²) in [7, 11) is 0. The van der Waals surface area contributed by atoms with E-state index in [1.807, 2.05) is 0 Å². The van der Waals surface area contributed by atoms with Gasteiger partial charge in [-0.3, -0.25) is 0 Å². The summed E-state index contributed by atoms with van der Waals surface area (Å²) >= 11 is 0. The Balaban J connectivity index is 2.18. The fourth-order valence-corrected chi connectivity index (χ4v) is 1.06. The van der Waals surface area contributed by atoms with Crippen LogP contribution in [0.2, 0.25) is 0 Å². The van der Waals surface area contributed by atoms with Gasteiger partial charge in [0.25, 0.3) is 0 Å². The molecule has 0 nitrogen and oxygen atoms in total. The second-order valence-corrected chi connectivity index (χ2v) is 2.10. The summed E-state index contributed by atoms with van der Waals surface area (Å²) < 4.78 is 7.26. The van der Waals surface area contributed by atoms with E-state index in [-0.39, 0.29) is 6.40 Å². The lowest BCUT2D eigenvalue weighted by molar-refractivity contribution is 0.855. The van der Waals surface area contributed by atoms with Crippen molar-refractivity contribution in [2.45, 2.75) is 12.8 Å². The largest absolute Gasteiger partial charge is 0.0880 e. The molecule has 0 heteroatoms. The van der Waals surface area contributed by atoms with Gasteiger partial charge in [0.15, 0.2) is 0 Å². The van der Waals surface area contributed by atoms with E-state index in [9.17, 15) is 0 Å². The average Bonchev–Trinajstić information content (AvgIpc) is 2.26. The molecule has 0 aromatic rings. The predicted molar refractivity (Wildman–Crippen MR) is 25.4 cm³/mol. The van der Waals surface area contributed by atoms with E-state index < -0.39 is 0 Å². The normalized spacial score (nSPS) is 64.0. The molecule has 6 heavy (non-hydrogen) atoms. The molecule has 2 rings (SSSR count). The lowest BCUT2D eigenvalue weighted by Crippen LogP contribution is -1.61. The van der Waals surface area contributed by atoms with Gasteiger partial charge in [0.2, 0.25) is 0 Å². The molecule has 0 N–H and O–H groups in total. The second-order valence-electron chi connectivity index (χ2n) is 2.10. The van der Waals surface area contributed by atoms with Crippen LogP contribution in [0.5, 0.6) is 0 Å². The lowest BCUT2D eigenvalue weighted by atomic mass is 10.3. The Kier molecular flexibility index (Phi) is 0.251. The van der Waals surface area contributed by atoms with Crippen molar-refractivity contribution in [3.05, 3.63) is 12.2 Å². The molecule has 3 atom stereocenters. The van der Waals surface area contributed by atoms with Gasteiger partial charge in [-0.1, -0.05) is 12.2 Å².